The molecule has 0 spiro atoms. The van der Waals surface area contributed by atoms with Crippen LogP contribution in [-0.2, 0) is 0 Å². The number of methoxy groups -OCH3 is 4. The molecule has 216 valence electrons. The van der Waals surface area contributed by atoms with Gasteiger partial charge in [-0.15, -0.1) is 0 Å². The summed E-state index contributed by atoms with van der Waals surface area (Å²) in [6, 6.07) is 19.7. The zero-order chi connectivity index (χ0) is 30.0. The third-order valence-corrected chi connectivity index (χ3v) is 7.87. The molecule has 0 atom stereocenters. The Hall–Kier alpha value is -4.02. The minimum absolute atomic E-state index is 0.707. The molecule has 0 unspecified atom stereocenters. The molecule has 6 rings (SSSR count). The second-order valence-electron chi connectivity index (χ2n) is 9.45. The van der Waals surface area contributed by atoms with Crippen molar-refractivity contribution in [3.8, 4) is 45.4 Å². The minimum atomic E-state index is 0.707. The van der Waals surface area contributed by atoms with Crippen LogP contribution in [0.1, 0.15) is 11.3 Å². The number of aryl methyl sites for hydroxylation is 2. The number of aromatic nitrogens is 4. The molecule has 2 aromatic carbocycles. The lowest BCUT2D eigenvalue weighted by Gasteiger charge is -2.09. The maximum absolute atomic E-state index is 5.39. The molecule has 0 amide bonds. The van der Waals surface area contributed by atoms with Crippen molar-refractivity contribution in [2.24, 2.45) is 0 Å². The molecule has 0 fully saturated rings. The fourth-order valence-electron chi connectivity index (χ4n) is 4.96. The number of nitrogens with one attached hydrogen (secondary N) is 2. The molecule has 0 bridgehead atoms. The van der Waals surface area contributed by atoms with Crippen molar-refractivity contribution in [2.75, 3.05) is 28.4 Å². The van der Waals surface area contributed by atoms with Crippen LogP contribution in [0.5, 0.6) is 23.0 Å². The molecule has 6 aromatic rings. The highest BCUT2D eigenvalue weighted by Crippen LogP contribution is 2.38. The number of nitrogens with zero attached hydrogens (tertiary/aromatic N) is 2. The first-order valence-corrected chi connectivity index (χ1v) is 14.6. The lowest BCUT2D eigenvalue weighted by molar-refractivity contribution is 0.355. The molecule has 4 aromatic heterocycles. The van der Waals surface area contributed by atoms with Crippen LogP contribution < -0.4 is 18.9 Å². The summed E-state index contributed by atoms with van der Waals surface area (Å²) in [7, 11) is 6.54. The smallest absolute Gasteiger partial charge is 0.161 e. The number of hydrogen-bond donors (Lipinski definition) is 2. The first-order chi connectivity index (χ1) is 20.3. The van der Waals surface area contributed by atoms with Gasteiger partial charge in [0, 0.05) is 22.4 Å². The number of fused-ring (bicyclic) bond motifs is 2. The van der Waals surface area contributed by atoms with Gasteiger partial charge in [-0.05, 0) is 106 Å². The van der Waals surface area contributed by atoms with Crippen LogP contribution in [0.3, 0.4) is 0 Å². The number of benzene rings is 2. The Bertz CT molecular complexity index is 1890. The van der Waals surface area contributed by atoms with E-state index in [4.69, 9.17) is 18.9 Å². The van der Waals surface area contributed by atoms with Gasteiger partial charge < -0.3 is 28.9 Å². The monoisotopic (exact) mass is 692 g/mol. The van der Waals surface area contributed by atoms with E-state index >= 15 is 0 Å². The van der Waals surface area contributed by atoms with E-state index in [1.54, 1.807) is 28.4 Å². The SMILES string of the molecule is COc1ccc(-c2[nH]c3ccc(Br)nc3c2C)cc1OC.COc1ccc(-c2c(C)[nH]c3ccc(Br)nc23)cc1OC. The first kappa shape index (κ1) is 29.5. The fourth-order valence-corrected chi connectivity index (χ4v) is 5.58. The molecule has 10 heteroatoms. The summed E-state index contributed by atoms with van der Waals surface area (Å²) < 4.78 is 23.0. The van der Waals surface area contributed by atoms with Gasteiger partial charge in [0.1, 0.15) is 9.21 Å². The number of hydrogen-bond acceptors (Lipinski definition) is 6. The Morgan fingerprint density at radius 3 is 1.64 bits per heavy atom. The van der Waals surface area contributed by atoms with Crippen molar-refractivity contribution in [1.82, 2.24) is 19.9 Å². The van der Waals surface area contributed by atoms with Crippen molar-refractivity contribution in [3.63, 3.8) is 0 Å². The molecule has 8 nitrogen and oxygen atoms in total. The van der Waals surface area contributed by atoms with Gasteiger partial charge >= 0.3 is 0 Å². The van der Waals surface area contributed by atoms with Crippen molar-refractivity contribution in [3.05, 3.63) is 81.1 Å². The van der Waals surface area contributed by atoms with E-state index in [0.29, 0.717) is 17.2 Å². The first-order valence-electron chi connectivity index (χ1n) is 13.0. The molecule has 4 heterocycles. The summed E-state index contributed by atoms with van der Waals surface area (Å²) in [5.74, 6) is 2.85. The predicted octanol–water partition coefficient (Wildman–Crippen LogP) is 8.64. The van der Waals surface area contributed by atoms with Gasteiger partial charge in [-0.2, -0.15) is 0 Å². The van der Waals surface area contributed by atoms with Crippen molar-refractivity contribution < 1.29 is 18.9 Å². The topological polar surface area (TPSA) is 94.3 Å². The number of ether oxygens (including phenoxy) is 4. The maximum atomic E-state index is 5.39. The van der Waals surface area contributed by atoms with Crippen LogP contribution in [0.2, 0.25) is 0 Å². The highest BCUT2D eigenvalue weighted by atomic mass is 79.9. The van der Waals surface area contributed by atoms with Crippen LogP contribution in [0.15, 0.2) is 69.9 Å². The number of H-pyrrole nitrogens is 2. The Labute approximate surface area is 260 Å². The van der Waals surface area contributed by atoms with E-state index in [0.717, 1.165) is 70.7 Å². The number of halogens is 2. The molecule has 0 aliphatic heterocycles. The van der Waals surface area contributed by atoms with Crippen LogP contribution in [0.25, 0.3) is 44.5 Å². The second kappa shape index (κ2) is 12.5. The molecule has 0 aliphatic rings. The van der Waals surface area contributed by atoms with Crippen molar-refractivity contribution in [2.45, 2.75) is 13.8 Å². The van der Waals surface area contributed by atoms with Crippen LogP contribution >= 0.6 is 31.9 Å². The molecule has 0 saturated heterocycles. The van der Waals surface area contributed by atoms with Gasteiger partial charge in [-0.25, -0.2) is 9.97 Å². The largest absolute Gasteiger partial charge is 0.493 e. The highest BCUT2D eigenvalue weighted by molar-refractivity contribution is 9.10. The van der Waals surface area contributed by atoms with E-state index in [9.17, 15) is 0 Å². The molecule has 2 N–H and O–H groups in total. The number of aromatic amines is 2. The summed E-state index contributed by atoms with van der Waals surface area (Å²) >= 11 is 6.84. The maximum Gasteiger partial charge on any atom is 0.161 e. The molecule has 42 heavy (non-hydrogen) atoms. The number of pyridine rings is 2. The molecule has 0 aliphatic carbocycles. The Morgan fingerprint density at radius 1 is 0.571 bits per heavy atom. The molecular weight excluding hydrogens is 664 g/mol. The van der Waals surface area contributed by atoms with Crippen molar-refractivity contribution in [1.29, 1.82) is 0 Å². The van der Waals surface area contributed by atoms with E-state index < -0.39 is 0 Å². The van der Waals surface area contributed by atoms with Gasteiger partial charge in [-0.1, -0.05) is 6.07 Å². The quantitative estimate of drug-likeness (QED) is 0.170. The Balaban J connectivity index is 0.000000168. The third kappa shape index (κ3) is 5.69. The van der Waals surface area contributed by atoms with E-state index in [-0.39, 0.29) is 0 Å². The summed E-state index contributed by atoms with van der Waals surface area (Å²) in [6.07, 6.45) is 0. The number of rotatable bonds is 6. The van der Waals surface area contributed by atoms with Gasteiger partial charge in [0.05, 0.1) is 56.2 Å². The summed E-state index contributed by atoms with van der Waals surface area (Å²) in [5.41, 5.74) is 10.3. The highest BCUT2D eigenvalue weighted by Gasteiger charge is 2.15. The standard InChI is InChI=1S/2C16H15BrN2O2/c1-9-15(16-11(18-9)5-7-14(17)19-16)10-4-6-12(20-2)13(8-10)21-3;1-9-15(18-11-5-7-14(17)19-16(9)11)10-4-6-12(20-2)13(8-10)21-3/h2*4-8,18H,1-3H3. The van der Waals surface area contributed by atoms with E-state index in [2.05, 4.69) is 58.7 Å². The lowest BCUT2D eigenvalue weighted by Crippen LogP contribution is -1.91. The van der Waals surface area contributed by atoms with E-state index in [1.807, 2.05) is 67.6 Å². The van der Waals surface area contributed by atoms with Crippen molar-refractivity contribution >= 4 is 53.9 Å². The van der Waals surface area contributed by atoms with Crippen LogP contribution in [0, 0.1) is 13.8 Å². The average Bonchev–Trinajstić information content (AvgIpc) is 3.51. The predicted molar refractivity (Wildman–Crippen MR) is 174 cm³/mol. The van der Waals surface area contributed by atoms with Crippen LogP contribution in [0.4, 0.5) is 0 Å². The molecular formula is C32H30Br2N4O4. The zero-order valence-electron chi connectivity index (χ0n) is 24.1. The van der Waals surface area contributed by atoms with Gasteiger partial charge in [0.2, 0.25) is 0 Å². The second-order valence-corrected chi connectivity index (χ2v) is 11.1. The summed E-state index contributed by atoms with van der Waals surface area (Å²) in [5, 5.41) is 0. The Kier molecular flexibility index (Phi) is 8.74. The normalized spacial score (nSPS) is 10.9. The molecule has 0 radical (unpaired) electrons. The van der Waals surface area contributed by atoms with Gasteiger partial charge in [-0.3, -0.25) is 0 Å². The summed E-state index contributed by atoms with van der Waals surface area (Å²) in [6.45, 7) is 4.10. The Morgan fingerprint density at radius 2 is 1.07 bits per heavy atom. The van der Waals surface area contributed by atoms with Gasteiger partial charge in [0.15, 0.2) is 23.0 Å². The van der Waals surface area contributed by atoms with Gasteiger partial charge in [0.25, 0.3) is 0 Å². The lowest BCUT2D eigenvalue weighted by atomic mass is 10.0. The van der Waals surface area contributed by atoms with Crippen LogP contribution in [-0.4, -0.2) is 48.4 Å². The zero-order valence-corrected chi connectivity index (χ0v) is 27.2. The minimum Gasteiger partial charge on any atom is -0.493 e. The third-order valence-electron chi connectivity index (χ3n) is 6.99. The van der Waals surface area contributed by atoms with E-state index in [1.165, 1.54) is 0 Å². The fraction of sp³-hybridized carbons (Fsp3) is 0.188. The average molecular weight is 694 g/mol. The molecule has 0 saturated carbocycles. The summed E-state index contributed by atoms with van der Waals surface area (Å²) in [4.78, 5) is 15.9.